The fraction of sp³-hybridized carbons (Fsp3) is 0.259. The van der Waals surface area contributed by atoms with E-state index < -0.39 is 0 Å². The number of rotatable bonds is 1. The maximum absolute atomic E-state index is 7.27. The lowest BCUT2D eigenvalue weighted by molar-refractivity contribution is 0.486. The number of benzene rings is 7. The predicted molar refractivity (Wildman–Crippen MR) is 267 cm³/mol. The van der Waals surface area contributed by atoms with Gasteiger partial charge in [-0.2, -0.15) is 0 Å². The van der Waals surface area contributed by atoms with E-state index in [0.29, 0.717) is 0 Å². The molecule has 0 amide bonds. The van der Waals surface area contributed by atoms with Crippen LogP contribution in [0.3, 0.4) is 0 Å². The summed E-state index contributed by atoms with van der Waals surface area (Å²) in [5.74, 6) is 1.86. The first-order valence-corrected chi connectivity index (χ1v) is 22.7. The number of ether oxygens (including phenoxy) is 1. The summed E-state index contributed by atoms with van der Waals surface area (Å²) in [6, 6.07) is 48.2. The van der Waals surface area contributed by atoms with Crippen LogP contribution < -0.4 is 26.0 Å². The molecule has 3 aliphatic heterocycles. The molecular formula is C58H54BN3O. The second-order valence-electron chi connectivity index (χ2n) is 22.1. The summed E-state index contributed by atoms with van der Waals surface area (Å²) in [4.78, 5) is 7.90. The number of pyridine rings is 1. The SMILES string of the molecule is CC(C)(C)c1ccc2c(c1)B1c3cc(C(C)(C)C)cc4c3N(c3ccc(C(C)(C)C)cc3C4(C)C)c3cc(-c4cccc5c4c4ccccc4n4c6ccccc6nc54)cc(c31)O2. The van der Waals surface area contributed by atoms with Gasteiger partial charge in [0, 0.05) is 32.9 Å². The zero-order valence-corrected chi connectivity index (χ0v) is 38.5. The summed E-state index contributed by atoms with van der Waals surface area (Å²) in [6.07, 6.45) is 0. The van der Waals surface area contributed by atoms with E-state index in [9.17, 15) is 0 Å². The van der Waals surface area contributed by atoms with Crippen molar-refractivity contribution < 1.29 is 4.74 Å². The number of fused-ring (bicyclic) bond motifs is 14. The molecule has 0 bridgehead atoms. The monoisotopic (exact) mass is 819 g/mol. The lowest BCUT2D eigenvalue weighted by atomic mass is 9.33. The third-order valence-electron chi connectivity index (χ3n) is 14.6. The molecule has 5 heterocycles. The number of anilines is 3. The second kappa shape index (κ2) is 12.4. The van der Waals surface area contributed by atoms with Crippen molar-refractivity contribution in [2.75, 3.05) is 4.90 Å². The number of hydrogen-bond donors (Lipinski definition) is 0. The minimum Gasteiger partial charge on any atom is -0.458 e. The first-order valence-electron chi connectivity index (χ1n) is 22.7. The van der Waals surface area contributed by atoms with Gasteiger partial charge in [-0.05, 0) is 114 Å². The molecule has 9 aromatic rings. The van der Waals surface area contributed by atoms with Crippen LogP contribution in [0.2, 0.25) is 0 Å². The van der Waals surface area contributed by atoms with Crippen LogP contribution >= 0.6 is 0 Å². The van der Waals surface area contributed by atoms with Crippen molar-refractivity contribution in [3.05, 3.63) is 155 Å². The Labute approximate surface area is 371 Å². The standard InChI is InChI=1S/C58H54BN3O/c1-55(2,3)34-23-25-46-40(29-34)58(10,11)41-30-36(57(7,8)9)32-43-53(41)61(46)48-27-33(28-50-52(48)59(43)42-31-35(56(4,5)6)24-26-49(42)63-50)37-18-16-19-39-51(37)38-17-12-14-21-45(38)62-47-22-15-13-20-44(47)60-54(39)62/h12-32H,1-11H3. The molecule has 7 aromatic carbocycles. The molecule has 0 fully saturated rings. The molecule has 3 aliphatic rings. The number of aromatic nitrogens is 2. The van der Waals surface area contributed by atoms with Crippen molar-refractivity contribution in [3.8, 4) is 22.6 Å². The zero-order chi connectivity index (χ0) is 43.7. The molecule has 63 heavy (non-hydrogen) atoms. The van der Waals surface area contributed by atoms with Crippen molar-refractivity contribution in [2.45, 2.75) is 97.8 Å². The molecule has 310 valence electrons. The van der Waals surface area contributed by atoms with Crippen molar-refractivity contribution in [1.82, 2.24) is 9.38 Å². The third kappa shape index (κ3) is 5.32. The van der Waals surface area contributed by atoms with E-state index in [1.807, 2.05) is 0 Å². The van der Waals surface area contributed by atoms with Gasteiger partial charge in [-0.25, -0.2) is 4.98 Å². The molecule has 0 N–H and O–H groups in total. The highest BCUT2D eigenvalue weighted by Gasteiger charge is 2.49. The van der Waals surface area contributed by atoms with Gasteiger partial charge in [0.15, 0.2) is 0 Å². The first kappa shape index (κ1) is 38.4. The van der Waals surface area contributed by atoms with Gasteiger partial charge in [0.1, 0.15) is 17.1 Å². The van der Waals surface area contributed by atoms with E-state index in [1.54, 1.807) is 0 Å². The van der Waals surface area contributed by atoms with Crippen molar-refractivity contribution in [3.63, 3.8) is 0 Å². The van der Waals surface area contributed by atoms with E-state index >= 15 is 0 Å². The van der Waals surface area contributed by atoms with E-state index in [2.05, 4.69) is 213 Å². The zero-order valence-electron chi connectivity index (χ0n) is 38.5. The minimum atomic E-state index is -0.259. The van der Waals surface area contributed by atoms with Crippen LogP contribution in [-0.2, 0) is 21.7 Å². The van der Waals surface area contributed by atoms with Crippen molar-refractivity contribution >= 4 is 78.5 Å². The van der Waals surface area contributed by atoms with E-state index in [4.69, 9.17) is 9.72 Å². The Bertz CT molecular complexity index is 3480. The van der Waals surface area contributed by atoms with E-state index in [-0.39, 0.29) is 28.4 Å². The Balaban J connectivity index is 1.21. The van der Waals surface area contributed by atoms with Gasteiger partial charge in [-0.15, -0.1) is 0 Å². The molecule has 4 nitrogen and oxygen atoms in total. The molecule has 0 unspecified atom stereocenters. The summed E-state index contributed by atoms with van der Waals surface area (Å²) >= 11 is 0. The van der Waals surface area contributed by atoms with E-state index in [0.717, 1.165) is 44.6 Å². The fourth-order valence-corrected chi connectivity index (χ4v) is 11.1. The Morgan fingerprint density at radius 2 is 1.21 bits per heavy atom. The van der Waals surface area contributed by atoms with E-state index in [1.165, 1.54) is 77.6 Å². The average Bonchev–Trinajstić information content (AvgIpc) is 3.64. The molecule has 5 heteroatoms. The molecule has 0 radical (unpaired) electrons. The number of imidazole rings is 1. The van der Waals surface area contributed by atoms with Gasteiger partial charge in [-0.1, -0.05) is 161 Å². The maximum Gasteiger partial charge on any atom is 0.256 e. The van der Waals surface area contributed by atoms with Gasteiger partial charge >= 0.3 is 0 Å². The smallest absolute Gasteiger partial charge is 0.256 e. The lowest BCUT2D eigenvalue weighted by Crippen LogP contribution is -2.61. The van der Waals surface area contributed by atoms with Gasteiger partial charge < -0.3 is 9.64 Å². The van der Waals surface area contributed by atoms with Crippen LogP contribution in [0.5, 0.6) is 11.5 Å². The molecule has 12 rings (SSSR count). The second-order valence-corrected chi connectivity index (χ2v) is 22.1. The Hall–Kier alpha value is -6.33. The molecule has 0 saturated carbocycles. The van der Waals surface area contributed by atoms with Crippen molar-refractivity contribution in [2.24, 2.45) is 0 Å². The largest absolute Gasteiger partial charge is 0.458 e. The predicted octanol–water partition coefficient (Wildman–Crippen LogP) is 13.4. The highest BCUT2D eigenvalue weighted by atomic mass is 16.5. The van der Waals surface area contributed by atoms with Crippen LogP contribution in [0.15, 0.2) is 127 Å². The summed E-state index contributed by atoms with van der Waals surface area (Å²) in [5.41, 5.74) is 20.5. The van der Waals surface area contributed by atoms with Crippen LogP contribution in [-0.4, -0.2) is 16.1 Å². The minimum absolute atomic E-state index is 0.00144. The average molecular weight is 820 g/mol. The third-order valence-corrected chi connectivity index (χ3v) is 14.6. The van der Waals surface area contributed by atoms with Crippen molar-refractivity contribution in [1.29, 1.82) is 0 Å². The molecule has 0 atom stereocenters. The Morgan fingerprint density at radius 1 is 0.556 bits per heavy atom. The summed E-state index contributed by atoms with van der Waals surface area (Å²) in [6.45, 7) is 25.9. The highest BCUT2D eigenvalue weighted by molar-refractivity contribution is 6.99. The fourth-order valence-electron chi connectivity index (χ4n) is 11.1. The summed E-state index contributed by atoms with van der Waals surface area (Å²) in [7, 11) is 0. The van der Waals surface area contributed by atoms with Crippen LogP contribution in [0.25, 0.3) is 49.5 Å². The topological polar surface area (TPSA) is 29.8 Å². The Morgan fingerprint density at radius 3 is 1.97 bits per heavy atom. The number of hydrogen-bond acceptors (Lipinski definition) is 3. The van der Waals surface area contributed by atoms with Gasteiger partial charge in [0.05, 0.1) is 22.2 Å². The quantitative estimate of drug-likeness (QED) is 0.122. The summed E-state index contributed by atoms with van der Waals surface area (Å²) < 4.78 is 9.61. The molecule has 2 aromatic heterocycles. The molecule has 0 spiro atoms. The van der Waals surface area contributed by atoms with Crippen LogP contribution in [0.1, 0.15) is 104 Å². The van der Waals surface area contributed by atoms with Gasteiger partial charge in [0.25, 0.3) is 6.71 Å². The molecule has 0 saturated heterocycles. The van der Waals surface area contributed by atoms with Crippen LogP contribution in [0, 0.1) is 0 Å². The number of nitrogens with zero attached hydrogens (tertiary/aromatic N) is 3. The Kier molecular flexibility index (Phi) is 7.57. The first-order chi connectivity index (χ1) is 29.9. The number of para-hydroxylation sites is 3. The molecular weight excluding hydrogens is 765 g/mol. The van der Waals surface area contributed by atoms with Gasteiger partial charge in [0.2, 0.25) is 0 Å². The van der Waals surface area contributed by atoms with Crippen LogP contribution in [0.4, 0.5) is 17.1 Å². The summed E-state index contributed by atoms with van der Waals surface area (Å²) in [5, 5.41) is 3.54. The normalized spacial score (nSPS) is 15.1. The maximum atomic E-state index is 7.27. The van der Waals surface area contributed by atoms with Gasteiger partial charge in [-0.3, -0.25) is 4.40 Å². The lowest BCUT2D eigenvalue weighted by Gasteiger charge is -2.49. The molecule has 0 aliphatic carbocycles. The highest BCUT2D eigenvalue weighted by Crippen LogP contribution is 2.55.